The fraction of sp³-hybridized carbons (Fsp3) is 0.208. The number of pyridine rings is 1. The SMILES string of the molecule is O=C(CCCc1ccccn1)Nc1ccc(C(=O)N2CCc3ccccc32)cc1. The van der Waals surface area contributed by atoms with E-state index in [4.69, 9.17) is 0 Å². The first-order valence-electron chi connectivity index (χ1n) is 9.90. The van der Waals surface area contributed by atoms with Crippen LogP contribution in [-0.4, -0.2) is 23.3 Å². The van der Waals surface area contributed by atoms with Crippen LogP contribution in [0.2, 0.25) is 0 Å². The molecule has 2 amide bonds. The van der Waals surface area contributed by atoms with Gasteiger partial charge in [0.25, 0.3) is 5.91 Å². The first kappa shape index (κ1) is 18.9. The number of aromatic nitrogens is 1. The third-order valence-corrected chi connectivity index (χ3v) is 5.11. The maximum Gasteiger partial charge on any atom is 0.258 e. The van der Waals surface area contributed by atoms with E-state index in [0.717, 1.165) is 30.6 Å². The summed E-state index contributed by atoms with van der Waals surface area (Å²) >= 11 is 0. The van der Waals surface area contributed by atoms with Gasteiger partial charge in [-0.25, -0.2) is 0 Å². The van der Waals surface area contributed by atoms with Crippen LogP contribution in [-0.2, 0) is 17.6 Å². The van der Waals surface area contributed by atoms with Crippen molar-refractivity contribution in [2.45, 2.75) is 25.7 Å². The van der Waals surface area contributed by atoms with E-state index in [1.807, 2.05) is 41.3 Å². The Labute approximate surface area is 170 Å². The summed E-state index contributed by atoms with van der Waals surface area (Å²) in [5.74, 6) is -0.0448. The summed E-state index contributed by atoms with van der Waals surface area (Å²) in [5, 5.41) is 2.90. The van der Waals surface area contributed by atoms with Crippen LogP contribution < -0.4 is 10.2 Å². The number of rotatable bonds is 6. The third-order valence-electron chi connectivity index (χ3n) is 5.11. The number of para-hydroxylation sites is 1. The normalized spacial score (nSPS) is 12.5. The minimum atomic E-state index is -0.0338. The number of carbonyl (C=O) groups is 2. The van der Waals surface area contributed by atoms with Gasteiger partial charge in [-0.15, -0.1) is 0 Å². The fourth-order valence-corrected chi connectivity index (χ4v) is 3.60. The number of anilines is 2. The van der Waals surface area contributed by atoms with E-state index in [-0.39, 0.29) is 11.8 Å². The molecule has 0 spiro atoms. The molecule has 2 aromatic carbocycles. The maximum atomic E-state index is 12.9. The lowest BCUT2D eigenvalue weighted by Crippen LogP contribution is -2.28. The Bertz CT molecular complexity index is 1000. The number of nitrogens with zero attached hydrogens (tertiary/aromatic N) is 2. The van der Waals surface area contributed by atoms with Crippen molar-refractivity contribution in [2.24, 2.45) is 0 Å². The molecule has 5 nitrogen and oxygen atoms in total. The number of amides is 2. The molecule has 29 heavy (non-hydrogen) atoms. The average molecular weight is 385 g/mol. The van der Waals surface area contributed by atoms with Crippen molar-refractivity contribution >= 4 is 23.2 Å². The van der Waals surface area contributed by atoms with Crippen LogP contribution in [0.15, 0.2) is 72.9 Å². The van der Waals surface area contributed by atoms with Crippen LogP contribution in [0.25, 0.3) is 0 Å². The highest BCUT2D eigenvalue weighted by Gasteiger charge is 2.24. The number of hydrogen-bond donors (Lipinski definition) is 1. The molecule has 0 bridgehead atoms. The lowest BCUT2D eigenvalue weighted by atomic mass is 10.1. The van der Waals surface area contributed by atoms with Gasteiger partial charge in [0.05, 0.1) is 0 Å². The molecule has 0 saturated heterocycles. The summed E-state index contributed by atoms with van der Waals surface area (Å²) in [6, 6.07) is 20.9. The first-order valence-corrected chi connectivity index (χ1v) is 9.90. The van der Waals surface area contributed by atoms with E-state index >= 15 is 0 Å². The Morgan fingerprint density at radius 3 is 2.55 bits per heavy atom. The van der Waals surface area contributed by atoms with Crippen molar-refractivity contribution in [2.75, 3.05) is 16.8 Å². The van der Waals surface area contributed by atoms with Gasteiger partial charge in [0, 0.05) is 41.8 Å². The number of aryl methyl sites for hydroxylation is 1. The number of carbonyl (C=O) groups excluding carboxylic acids is 2. The molecule has 0 aliphatic carbocycles. The smallest absolute Gasteiger partial charge is 0.258 e. The molecule has 0 unspecified atom stereocenters. The molecule has 5 heteroatoms. The van der Waals surface area contributed by atoms with Gasteiger partial charge in [0.2, 0.25) is 5.91 Å². The summed E-state index contributed by atoms with van der Waals surface area (Å²) in [6.45, 7) is 0.701. The summed E-state index contributed by atoms with van der Waals surface area (Å²) in [4.78, 5) is 31.1. The molecule has 0 radical (unpaired) electrons. The minimum absolute atomic E-state index is 0.0109. The van der Waals surface area contributed by atoms with Gasteiger partial charge in [-0.05, 0) is 67.3 Å². The summed E-state index contributed by atoms with van der Waals surface area (Å²) in [6.07, 6.45) is 4.60. The number of fused-ring (bicyclic) bond motifs is 1. The second-order valence-corrected chi connectivity index (χ2v) is 7.14. The molecule has 0 saturated carbocycles. The molecular weight excluding hydrogens is 362 g/mol. The summed E-state index contributed by atoms with van der Waals surface area (Å²) in [5.41, 5.74) is 4.51. The van der Waals surface area contributed by atoms with E-state index < -0.39 is 0 Å². The zero-order valence-electron chi connectivity index (χ0n) is 16.2. The highest BCUT2D eigenvalue weighted by atomic mass is 16.2. The number of nitrogens with one attached hydrogen (secondary N) is 1. The van der Waals surface area contributed by atoms with Gasteiger partial charge < -0.3 is 10.2 Å². The van der Waals surface area contributed by atoms with Gasteiger partial charge in [-0.2, -0.15) is 0 Å². The Balaban J connectivity index is 1.31. The highest BCUT2D eigenvalue weighted by Crippen LogP contribution is 2.29. The van der Waals surface area contributed by atoms with E-state index in [0.29, 0.717) is 24.2 Å². The van der Waals surface area contributed by atoms with Crippen LogP contribution in [0.1, 0.15) is 34.5 Å². The van der Waals surface area contributed by atoms with Crippen molar-refractivity contribution < 1.29 is 9.59 Å². The second kappa shape index (κ2) is 8.69. The predicted octanol–water partition coefficient (Wildman–Crippen LogP) is 4.25. The molecular formula is C24H23N3O2. The molecule has 0 atom stereocenters. The zero-order valence-corrected chi connectivity index (χ0v) is 16.2. The molecule has 1 N–H and O–H groups in total. The largest absolute Gasteiger partial charge is 0.326 e. The van der Waals surface area contributed by atoms with Crippen LogP contribution >= 0.6 is 0 Å². The van der Waals surface area contributed by atoms with Crippen LogP contribution in [0, 0.1) is 0 Å². The number of benzene rings is 2. The van der Waals surface area contributed by atoms with Gasteiger partial charge in [0.1, 0.15) is 0 Å². The van der Waals surface area contributed by atoms with Crippen LogP contribution in [0.4, 0.5) is 11.4 Å². The van der Waals surface area contributed by atoms with Crippen molar-refractivity contribution in [3.05, 3.63) is 89.7 Å². The standard InChI is InChI=1S/C24H23N3O2/c28-23(10-5-8-20-7-3-4-16-25-20)26-21-13-11-19(12-14-21)24(29)27-17-15-18-6-1-2-9-22(18)27/h1-4,6-7,9,11-14,16H,5,8,10,15,17H2,(H,26,28). The van der Waals surface area contributed by atoms with Gasteiger partial charge in [-0.3, -0.25) is 14.6 Å². The molecule has 1 aliphatic heterocycles. The quantitative estimate of drug-likeness (QED) is 0.690. The average Bonchev–Trinajstić information content (AvgIpc) is 3.19. The lowest BCUT2D eigenvalue weighted by Gasteiger charge is -2.17. The van der Waals surface area contributed by atoms with Gasteiger partial charge >= 0.3 is 0 Å². The van der Waals surface area contributed by atoms with E-state index in [1.165, 1.54) is 5.56 Å². The monoisotopic (exact) mass is 385 g/mol. The Hall–Kier alpha value is -3.47. The lowest BCUT2D eigenvalue weighted by molar-refractivity contribution is -0.116. The molecule has 1 aromatic heterocycles. The van der Waals surface area contributed by atoms with Crippen molar-refractivity contribution in [1.82, 2.24) is 4.98 Å². The zero-order chi connectivity index (χ0) is 20.1. The maximum absolute atomic E-state index is 12.9. The van der Waals surface area contributed by atoms with Crippen molar-refractivity contribution in [3.8, 4) is 0 Å². The molecule has 146 valence electrons. The first-order chi connectivity index (χ1) is 14.2. The van der Waals surface area contributed by atoms with Gasteiger partial charge in [-0.1, -0.05) is 24.3 Å². The molecule has 0 fully saturated rings. The fourth-order valence-electron chi connectivity index (χ4n) is 3.60. The van der Waals surface area contributed by atoms with E-state index in [1.54, 1.807) is 30.5 Å². The highest BCUT2D eigenvalue weighted by molar-refractivity contribution is 6.07. The van der Waals surface area contributed by atoms with Crippen LogP contribution in [0.3, 0.4) is 0 Å². The molecule has 1 aliphatic rings. The molecule has 3 aromatic rings. The Morgan fingerprint density at radius 1 is 0.966 bits per heavy atom. The van der Waals surface area contributed by atoms with Gasteiger partial charge in [0.15, 0.2) is 0 Å². The summed E-state index contributed by atoms with van der Waals surface area (Å²) in [7, 11) is 0. The van der Waals surface area contributed by atoms with Crippen molar-refractivity contribution in [3.63, 3.8) is 0 Å². The predicted molar refractivity (Wildman–Crippen MR) is 114 cm³/mol. The molecule has 2 heterocycles. The van der Waals surface area contributed by atoms with Crippen molar-refractivity contribution in [1.29, 1.82) is 0 Å². The second-order valence-electron chi connectivity index (χ2n) is 7.14. The Morgan fingerprint density at radius 2 is 1.76 bits per heavy atom. The van der Waals surface area contributed by atoms with E-state index in [9.17, 15) is 9.59 Å². The number of hydrogen-bond acceptors (Lipinski definition) is 3. The Kier molecular flexibility index (Phi) is 5.66. The van der Waals surface area contributed by atoms with E-state index in [2.05, 4.69) is 16.4 Å². The minimum Gasteiger partial charge on any atom is -0.326 e. The third kappa shape index (κ3) is 4.51. The van der Waals surface area contributed by atoms with Crippen LogP contribution in [0.5, 0.6) is 0 Å². The summed E-state index contributed by atoms with van der Waals surface area (Å²) < 4.78 is 0. The topological polar surface area (TPSA) is 62.3 Å². The molecule has 4 rings (SSSR count).